The number of nitrogens with one attached hydrogen (secondary N) is 2. The van der Waals surface area contributed by atoms with Gasteiger partial charge in [-0.1, -0.05) is 61.4 Å². The third-order valence-corrected chi connectivity index (χ3v) is 5.84. The summed E-state index contributed by atoms with van der Waals surface area (Å²) >= 11 is 0. The van der Waals surface area contributed by atoms with E-state index >= 15 is 0 Å². The number of carbonyl (C=O) groups is 3. The molecule has 0 aromatic heterocycles. The Hall–Kier alpha value is -3.35. The van der Waals surface area contributed by atoms with Crippen LogP contribution in [-0.2, 0) is 14.3 Å². The largest absolute Gasteiger partial charge is 0.481 e. The van der Waals surface area contributed by atoms with Crippen LogP contribution in [0, 0.1) is 0 Å². The molecule has 1 aliphatic rings. The third-order valence-electron chi connectivity index (χ3n) is 5.84. The van der Waals surface area contributed by atoms with E-state index in [0.717, 1.165) is 30.4 Å². The number of benzene rings is 2. The van der Waals surface area contributed by atoms with E-state index < -0.39 is 12.1 Å². The van der Waals surface area contributed by atoms with Crippen molar-refractivity contribution in [1.82, 2.24) is 10.6 Å². The lowest BCUT2D eigenvalue weighted by atomic mass is 9.98. The highest BCUT2D eigenvalue weighted by Gasteiger charge is 2.29. The number of carbonyl (C=O) groups excluding carboxylic acids is 2. The minimum atomic E-state index is -0.777. The molecule has 2 aromatic rings. The van der Waals surface area contributed by atoms with Crippen LogP contribution in [0.5, 0.6) is 0 Å². The molecule has 0 bridgehead atoms. The lowest BCUT2D eigenvalue weighted by molar-refractivity contribution is -0.137. The van der Waals surface area contributed by atoms with E-state index in [1.54, 1.807) is 6.92 Å². The molecule has 0 heterocycles. The zero-order valence-corrected chi connectivity index (χ0v) is 19.0. The van der Waals surface area contributed by atoms with Crippen LogP contribution in [-0.4, -0.2) is 42.3 Å². The quantitative estimate of drug-likeness (QED) is 0.413. The molecule has 2 aromatic carbocycles. The second kappa shape index (κ2) is 12.0. The Morgan fingerprint density at radius 3 is 2.18 bits per heavy atom. The molecule has 1 aliphatic carbocycles. The van der Waals surface area contributed by atoms with Gasteiger partial charge in [-0.2, -0.15) is 0 Å². The molecule has 0 aliphatic heterocycles. The summed E-state index contributed by atoms with van der Waals surface area (Å²) in [5.74, 6) is -0.912. The number of ether oxygens (including phenoxy) is 1. The highest BCUT2D eigenvalue weighted by atomic mass is 16.5. The molecule has 7 heteroatoms. The summed E-state index contributed by atoms with van der Waals surface area (Å²) in [7, 11) is 0. The van der Waals surface area contributed by atoms with Gasteiger partial charge in [-0.25, -0.2) is 4.79 Å². The van der Waals surface area contributed by atoms with Gasteiger partial charge in [0.2, 0.25) is 5.91 Å². The Balaban J connectivity index is 1.36. The van der Waals surface area contributed by atoms with Gasteiger partial charge < -0.3 is 20.5 Å². The predicted molar refractivity (Wildman–Crippen MR) is 126 cm³/mol. The van der Waals surface area contributed by atoms with Gasteiger partial charge in [0.25, 0.3) is 0 Å². The molecular weight excluding hydrogens is 420 g/mol. The first-order chi connectivity index (χ1) is 16.0. The van der Waals surface area contributed by atoms with Gasteiger partial charge in [0.15, 0.2) is 0 Å². The number of hydrogen-bond acceptors (Lipinski definition) is 4. The van der Waals surface area contributed by atoms with Crippen molar-refractivity contribution >= 4 is 18.0 Å². The number of carboxylic acid groups (broad SMARTS) is 1. The second-order valence-corrected chi connectivity index (χ2v) is 8.48. The number of hydrogen-bond donors (Lipinski definition) is 3. The number of unbranched alkanes of at least 4 members (excludes halogenated alkanes) is 3. The van der Waals surface area contributed by atoms with Crippen molar-refractivity contribution in [3.05, 3.63) is 59.7 Å². The second-order valence-electron chi connectivity index (χ2n) is 8.48. The first-order valence-electron chi connectivity index (χ1n) is 11.6. The van der Waals surface area contributed by atoms with Gasteiger partial charge in [0, 0.05) is 31.3 Å². The monoisotopic (exact) mass is 452 g/mol. The molecule has 1 unspecified atom stereocenters. The summed E-state index contributed by atoms with van der Waals surface area (Å²) in [6.45, 7) is 2.55. The van der Waals surface area contributed by atoms with Crippen molar-refractivity contribution in [2.45, 2.75) is 57.4 Å². The summed E-state index contributed by atoms with van der Waals surface area (Å²) in [5, 5.41) is 14.2. The lowest BCUT2D eigenvalue weighted by Crippen LogP contribution is -2.38. The van der Waals surface area contributed by atoms with Gasteiger partial charge in [-0.05, 0) is 42.0 Å². The Morgan fingerprint density at radius 2 is 1.55 bits per heavy atom. The Labute approximate surface area is 194 Å². The molecular formula is C26H32N2O5. The normalized spacial score (nSPS) is 13.0. The summed E-state index contributed by atoms with van der Waals surface area (Å²) in [5.41, 5.74) is 4.66. The molecule has 33 heavy (non-hydrogen) atoms. The SMILES string of the molecule is CC(CC(=O)NCCCCCCC(=O)O)NC(=O)OCC1c2ccccc2-c2ccccc21. The highest BCUT2D eigenvalue weighted by molar-refractivity contribution is 5.79. The summed E-state index contributed by atoms with van der Waals surface area (Å²) in [6, 6.07) is 16.0. The van der Waals surface area contributed by atoms with Gasteiger partial charge in [-0.3, -0.25) is 9.59 Å². The molecule has 0 spiro atoms. The number of aliphatic carboxylic acids is 1. The average molecular weight is 453 g/mol. The minimum Gasteiger partial charge on any atom is -0.481 e. The average Bonchev–Trinajstić information content (AvgIpc) is 3.10. The number of fused-ring (bicyclic) bond motifs is 3. The van der Waals surface area contributed by atoms with E-state index in [-0.39, 0.29) is 37.3 Å². The first-order valence-corrected chi connectivity index (χ1v) is 11.6. The molecule has 0 fully saturated rings. The fraction of sp³-hybridized carbons (Fsp3) is 0.423. The predicted octanol–water partition coefficient (Wildman–Crippen LogP) is 4.46. The van der Waals surface area contributed by atoms with Crippen LogP contribution < -0.4 is 10.6 Å². The number of amides is 2. The number of rotatable bonds is 12. The zero-order valence-electron chi connectivity index (χ0n) is 19.0. The van der Waals surface area contributed by atoms with Crippen LogP contribution in [0.1, 0.15) is 62.5 Å². The van der Waals surface area contributed by atoms with Crippen LogP contribution >= 0.6 is 0 Å². The van der Waals surface area contributed by atoms with Crippen LogP contribution in [0.2, 0.25) is 0 Å². The van der Waals surface area contributed by atoms with E-state index in [9.17, 15) is 14.4 Å². The van der Waals surface area contributed by atoms with Crippen molar-refractivity contribution in [1.29, 1.82) is 0 Å². The maximum Gasteiger partial charge on any atom is 0.407 e. The van der Waals surface area contributed by atoms with Gasteiger partial charge in [0.1, 0.15) is 6.61 Å². The molecule has 0 saturated carbocycles. The van der Waals surface area contributed by atoms with E-state index in [2.05, 4.69) is 34.9 Å². The standard InChI is InChI=1S/C26H32N2O5/c1-18(16-24(29)27-15-9-3-2-4-14-25(30)31)28-26(32)33-17-23-21-12-7-5-10-19(21)20-11-6-8-13-22(20)23/h5-8,10-13,18,23H,2-4,9,14-17H2,1H3,(H,27,29)(H,28,32)(H,30,31). The lowest BCUT2D eigenvalue weighted by Gasteiger charge is -2.17. The van der Waals surface area contributed by atoms with Gasteiger partial charge >= 0.3 is 12.1 Å². The topological polar surface area (TPSA) is 105 Å². The van der Waals surface area contributed by atoms with Crippen LogP contribution in [0.25, 0.3) is 11.1 Å². The van der Waals surface area contributed by atoms with E-state index in [0.29, 0.717) is 13.0 Å². The molecule has 7 nitrogen and oxygen atoms in total. The maximum absolute atomic E-state index is 12.3. The fourth-order valence-electron chi connectivity index (χ4n) is 4.23. The van der Waals surface area contributed by atoms with Gasteiger partial charge in [-0.15, -0.1) is 0 Å². The maximum atomic E-state index is 12.3. The van der Waals surface area contributed by atoms with Crippen molar-refractivity contribution in [2.24, 2.45) is 0 Å². The Kier molecular flexibility index (Phi) is 8.87. The smallest absolute Gasteiger partial charge is 0.407 e. The van der Waals surface area contributed by atoms with E-state index in [1.807, 2.05) is 24.3 Å². The van der Waals surface area contributed by atoms with Gasteiger partial charge in [0.05, 0.1) is 0 Å². The molecule has 3 N–H and O–H groups in total. The zero-order chi connectivity index (χ0) is 23.6. The number of carboxylic acids is 1. The van der Waals surface area contributed by atoms with Crippen LogP contribution in [0.4, 0.5) is 4.79 Å². The van der Waals surface area contributed by atoms with E-state index in [4.69, 9.17) is 9.84 Å². The summed E-state index contributed by atoms with van der Waals surface area (Å²) in [4.78, 5) is 34.9. The Bertz CT molecular complexity index is 929. The van der Waals surface area contributed by atoms with Crippen LogP contribution in [0.15, 0.2) is 48.5 Å². The highest BCUT2D eigenvalue weighted by Crippen LogP contribution is 2.44. The molecule has 2 amide bonds. The summed E-state index contributed by atoms with van der Waals surface area (Å²) in [6.07, 6.45) is 3.00. The number of alkyl carbamates (subject to hydrolysis) is 1. The minimum absolute atomic E-state index is 0.00254. The van der Waals surface area contributed by atoms with Crippen LogP contribution in [0.3, 0.4) is 0 Å². The fourth-order valence-corrected chi connectivity index (χ4v) is 4.23. The first kappa shape index (κ1) is 24.3. The third kappa shape index (κ3) is 7.07. The van der Waals surface area contributed by atoms with Crippen molar-refractivity contribution in [3.8, 4) is 11.1 Å². The van der Waals surface area contributed by atoms with Crippen molar-refractivity contribution in [3.63, 3.8) is 0 Å². The molecule has 1 atom stereocenters. The van der Waals surface area contributed by atoms with Crippen molar-refractivity contribution in [2.75, 3.05) is 13.2 Å². The molecule has 176 valence electrons. The molecule has 0 radical (unpaired) electrons. The summed E-state index contributed by atoms with van der Waals surface area (Å²) < 4.78 is 5.52. The van der Waals surface area contributed by atoms with E-state index in [1.165, 1.54) is 11.1 Å². The Morgan fingerprint density at radius 1 is 0.939 bits per heavy atom. The van der Waals surface area contributed by atoms with Crippen molar-refractivity contribution < 1.29 is 24.2 Å². The molecule has 0 saturated heterocycles. The molecule has 3 rings (SSSR count).